The van der Waals surface area contributed by atoms with E-state index in [-0.39, 0.29) is 0 Å². The molecule has 1 heterocycles. The second-order valence-corrected chi connectivity index (χ2v) is 10.2. The summed E-state index contributed by atoms with van der Waals surface area (Å²) in [6, 6.07) is 13.0. The smallest absolute Gasteiger partial charge is 0.122 e. The van der Waals surface area contributed by atoms with E-state index >= 15 is 0 Å². The predicted molar refractivity (Wildman–Crippen MR) is 133 cm³/mol. The minimum Gasteiger partial charge on any atom is -0.496 e. The van der Waals surface area contributed by atoms with Crippen LogP contribution in [0.25, 0.3) is 0 Å². The Labute approximate surface area is 199 Å². The van der Waals surface area contributed by atoms with Crippen molar-refractivity contribution in [2.45, 2.75) is 55.8 Å². The lowest BCUT2D eigenvalue weighted by Crippen LogP contribution is -2.38. The Balaban J connectivity index is 1.52. The fraction of sp³-hybridized carbons (Fsp3) is 0.500. The van der Waals surface area contributed by atoms with Gasteiger partial charge in [-0.2, -0.15) is 0 Å². The first kappa shape index (κ1) is 23.9. The third kappa shape index (κ3) is 6.89. The standard InChI is InChI=1S/C24H32BrClN2OS/c1-18-7-3-4-13-28(18)14-6-12-27-16-19-8-5-9-22(26)24(19)30-17-20-15-21(25)10-11-23(20)29-2/h5,8-11,15,18,27H,3-4,6-7,12-14,16-17H2,1-2H3. The third-order valence-electron chi connectivity index (χ3n) is 5.72. The van der Waals surface area contributed by atoms with Crippen molar-refractivity contribution in [3.05, 3.63) is 57.0 Å². The van der Waals surface area contributed by atoms with Crippen molar-refractivity contribution >= 4 is 39.3 Å². The van der Waals surface area contributed by atoms with Gasteiger partial charge in [0.05, 0.1) is 12.1 Å². The number of thioether (sulfide) groups is 1. The first-order valence-electron chi connectivity index (χ1n) is 10.8. The molecule has 3 nitrogen and oxygen atoms in total. The van der Waals surface area contributed by atoms with Crippen molar-refractivity contribution in [2.24, 2.45) is 0 Å². The van der Waals surface area contributed by atoms with Crippen LogP contribution in [0.4, 0.5) is 0 Å². The number of nitrogens with one attached hydrogen (secondary N) is 1. The molecular weight excluding hydrogens is 480 g/mol. The van der Waals surface area contributed by atoms with Gasteiger partial charge >= 0.3 is 0 Å². The average molecular weight is 512 g/mol. The van der Waals surface area contributed by atoms with E-state index in [0.717, 1.165) is 50.6 Å². The second kappa shape index (κ2) is 12.4. The van der Waals surface area contributed by atoms with Gasteiger partial charge in [0, 0.05) is 33.3 Å². The Morgan fingerprint density at radius 3 is 2.90 bits per heavy atom. The fourth-order valence-corrected chi connectivity index (χ4v) is 5.81. The first-order valence-corrected chi connectivity index (χ1v) is 12.9. The van der Waals surface area contributed by atoms with Crippen LogP contribution in [0, 0.1) is 0 Å². The van der Waals surface area contributed by atoms with E-state index in [1.165, 1.54) is 44.3 Å². The number of piperidine rings is 1. The molecular formula is C24H32BrClN2OS. The molecule has 1 aliphatic heterocycles. The molecule has 0 saturated carbocycles. The van der Waals surface area contributed by atoms with Gasteiger partial charge in [-0.15, -0.1) is 11.8 Å². The first-order chi connectivity index (χ1) is 14.6. The predicted octanol–water partition coefficient (Wildman–Crippen LogP) is 6.76. The van der Waals surface area contributed by atoms with Crippen molar-refractivity contribution < 1.29 is 4.74 Å². The molecule has 1 aliphatic rings. The maximum Gasteiger partial charge on any atom is 0.122 e. The van der Waals surface area contributed by atoms with E-state index in [9.17, 15) is 0 Å². The molecule has 1 saturated heterocycles. The van der Waals surface area contributed by atoms with E-state index in [0.29, 0.717) is 0 Å². The largest absolute Gasteiger partial charge is 0.496 e. The van der Waals surface area contributed by atoms with E-state index < -0.39 is 0 Å². The number of benzene rings is 2. The maximum atomic E-state index is 6.56. The molecule has 1 fully saturated rings. The molecule has 0 amide bonds. The maximum absolute atomic E-state index is 6.56. The molecule has 0 radical (unpaired) electrons. The molecule has 0 aromatic heterocycles. The third-order valence-corrected chi connectivity index (χ3v) is 7.86. The molecule has 1 N–H and O–H groups in total. The van der Waals surface area contributed by atoms with E-state index in [1.807, 2.05) is 24.3 Å². The topological polar surface area (TPSA) is 24.5 Å². The summed E-state index contributed by atoms with van der Waals surface area (Å²) >= 11 is 11.9. The van der Waals surface area contributed by atoms with Crippen LogP contribution in [-0.4, -0.2) is 37.7 Å². The van der Waals surface area contributed by atoms with Crippen LogP contribution in [0.2, 0.25) is 5.02 Å². The zero-order valence-electron chi connectivity index (χ0n) is 17.9. The number of likely N-dealkylation sites (tertiary alicyclic amines) is 1. The summed E-state index contributed by atoms with van der Waals surface area (Å²) in [5.41, 5.74) is 2.42. The van der Waals surface area contributed by atoms with Crippen molar-refractivity contribution in [2.75, 3.05) is 26.7 Å². The molecule has 2 aromatic rings. The van der Waals surface area contributed by atoms with Crippen LogP contribution in [0.1, 0.15) is 43.7 Å². The molecule has 164 valence electrons. The average Bonchev–Trinajstić information content (AvgIpc) is 2.74. The summed E-state index contributed by atoms with van der Waals surface area (Å²) in [5, 5.41) is 4.44. The molecule has 0 spiro atoms. The highest BCUT2D eigenvalue weighted by atomic mass is 79.9. The molecule has 2 aromatic carbocycles. The monoisotopic (exact) mass is 510 g/mol. The Morgan fingerprint density at radius 2 is 2.10 bits per heavy atom. The lowest BCUT2D eigenvalue weighted by Gasteiger charge is -2.33. The van der Waals surface area contributed by atoms with Crippen molar-refractivity contribution in [1.29, 1.82) is 0 Å². The van der Waals surface area contributed by atoms with Gasteiger partial charge < -0.3 is 15.0 Å². The summed E-state index contributed by atoms with van der Waals surface area (Å²) in [5.74, 6) is 1.72. The lowest BCUT2D eigenvalue weighted by molar-refractivity contribution is 0.159. The molecule has 3 rings (SSSR count). The zero-order chi connectivity index (χ0) is 21.3. The van der Waals surface area contributed by atoms with Crippen LogP contribution in [0.15, 0.2) is 45.8 Å². The quantitative estimate of drug-likeness (QED) is 0.281. The lowest BCUT2D eigenvalue weighted by atomic mass is 10.0. The number of ether oxygens (including phenoxy) is 1. The Hall–Kier alpha value is -0.720. The summed E-state index contributed by atoms with van der Waals surface area (Å²) in [6.07, 6.45) is 5.27. The molecule has 30 heavy (non-hydrogen) atoms. The van der Waals surface area contributed by atoms with Crippen molar-refractivity contribution in [3.8, 4) is 5.75 Å². The van der Waals surface area contributed by atoms with Crippen molar-refractivity contribution in [1.82, 2.24) is 10.2 Å². The summed E-state index contributed by atoms with van der Waals surface area (Å²) in [6.45, 7) is 6.68. The number of hydrogen-bond donors (Lipinski definition) is 1. The number of methoxy groups -OCH3 is 1. The zero-order valence-corrected chi connectivity index (χ0v) is 21.1. The Morgan fingerprint density at radius 1 is 1.23 bits per heavy atom. The van der Waals surface area contributed by atoms with Gasteiger partial charge in [0.2, 0.25) is 0 Å². The number of rotatable bonds is 10. The summed E-state index contributed by atoms with van der Waals surface area (Å²) < 4.78 is 6.57. The van der Waals surface area contributed by atoms with Gasteiger partial charge in [-0.25, -0.2) is 0 Å². The molecule has 6 heteroatoms. The molecule has 1 unspecified atom stereocenters. The van der Waals surface area contributed by atoms with Gasteiger partial charge in [0.1, 0.15) is 5.75 Å². The van der Waals surface area contributed by atoms with Crippen LogP contribution >= 0.6 is 39.3 Å². The highest BCUT2D eigenvalue weighted by Crippen LogP contribution is 2.35. The normalized spacial score (nSPS) is 17.3. The molecule has 0 aliphatic carbocycles. The van der Waals surface area contributed by atoms with Crippen LogP contribution < -0.4 is 10.1 Å². The van der Waals surface area contributed by atoms with Crippen LogP contribution in [0.3, 0.4) is 0 Å². The van der Waals surface area contributed by atoms with Gasteiger partial charge in [-0.1, -0.05) is 46.1 Å². The minimum absolute atomic E-state index is 0.740. The van der Waals surface area contributed by atoms with Crippen molar-refractivity contribution in [3.63, 3.8) is 0 Å². The summed E-state index contributed by atoms with van der Waals surface area (Å²) in [7, 11) is 1.72. The molecule has 1 atom stereocenters. The number of nitrogens with zero attached hydrogens (tertiary/aromatic N) is 1. The highest BCUT2D eigenvalue weighted by Gasteiger charge is 2.17. The Bertz CT molecular complexity index is 820. The summed E-state index contributed by atoms with van der Waals surface area (Å²) in [4.78, 5) is 3.79. The minimum atomic E-state index is 0.740. The molecule has 0 bridgehead atoms. The SMILES string of the molecule is COc1ccc(Br)cc1CSc1c(Cl)cccc1CNCCCN1CCCCC1C. The van der Waals surface area contributed by atoms with E-state index in [2.05, 4.69) is 45.2 Å². The van der Waals surface area contributed by atoms with E-state index in [4.69, 9.17) is 16.3 Å². The fourth-order valence-electron chi connectivity index (χ4n) is 3.98. The van der Waals surface area contributed by atoms with Crippen LogP contribution in [0.5, 0.6) is 5.75 Å². The van der Waals surface area contributed by atoms with Gasteiger partial charge in [0.25, 0.3) is 0 Å². The second-order valence-electron chi connectivity index (χ2n) is 7.88. The number of halogens is 2. The van der Waals surface area contributed by atoms with Gasteiger partial charge in [0.15, 0.2) is 0 Å². The highest BCUT2D eigenvalue weighted by molar-refractivity contribution is 9.10. The van der Waals surface area contributed by atoms with Gasteiger partial charge in [-0.05, 0) is 75.6 Å². The van der Waals surface area contributed by atoms with Crippen LogP contribution in [-0.2, 0) is 12.3 Å². The number of hydrogen-bond acceptors (Lipinski definition) is 4. The Kier molecular flexibility index (Phi) is 9.85. The van der Waals surface area contributed by atoms with E-state index in [1.54, 1.807) is 18.9 Å². The van der Waals surface area contributed by atoms with Gasteiger partial charge in [-0.3, -0.25) is 0 Å².